The summed E-state index contributed by atoms with van der Waals surface area (Å²) in [6, 6.07) is 16.7. The number of benzene rings is 2. The van der Waals surface area contributed by atoms with E-state index in [2.05, 4.69) is 78.3 Å². The van der Waals surface area contributed by atoms with E-state index in [-0.39, 0.29) is 55.1 Å². The van der Waals surface area contributed by atoms with Crippen LogP contribution in [-0.2, 0) is 12.8 Å². The summed E-state index contributed by atoms with van der Waals surface area (Å²) in [5, 5.41) is 20.2. The second-order valence-electron chi connectivity index (χ2n) is 11.8. The van der Waals surface area contributed by atoms with Crippen molar-refractivity contribution in [1.29, 1.82) is 0 Å². The summed E-state index contributed by atoms with van der Waals surface area (Å²) in [7, 11) is 0. The van der Waals surface area contributed by atoms with E-state index < -0.39 is 0 Å². The van der Waals surface area contributed by atoms with E-state index in [1.54, 1.807) is 0 Å². The van der Waals surface area contributed by atoms with Crippen LogP contribution in [0.4, 0.5) is 0 Å². The fourth-order valence-corrected chi connectivity index (χ4v) is 5.72. The van der Waals surface area contributed by atoms with E-state index in [4.69, 9.17) is 9.47 Å². The summed E-state index contributed by atoms with van der Waals surface area (Å²) in [5.74, 6) is 4.03. The molecular weight excluding hydrogens is 710 g/mol. The van der Waals surface area contributed by atoms with E-state index in [1.807, 2.05) is 12.1 Å². The van der Waals surface area contributed by atoms with Gasteiger partial charge in [0.05, 0.1) is 0 Å². The standard InChI is InChI=1S/2C17H26N4O.4ClH.H2O/c2*1-2-6-16-14(5-1)7-8-15(22-16)13-18-9-3-10-19-17-20-11-4-12-21-17;;;;;/h2*1-2,5-6,15,18H,3-4,7-13H2,(H2,19,20,21);4*1H;1H2. The van der Waals surface area contributed by atoms with Gasteiger partial charge in [0.2, 0.25) is 0 Å². The van der Waals surface area contributed by atoms with Gasteiger partial charge in [0.1, 0.15) is 23.7 Å². The molecule has 15 heteroatoms. The Bertz CT molecular complexity index is 1120. The largest absolute Gasteiger partial charge is 0.489 e. The molecule has 4 aliphatic heterocycles. The highest BCUT2D eigenvalue weighted by Gasteiger charge is 2.19. The average molecular weight is 769 g/mol. The second-order valence-corrected chi connectivity index (χ2v) is 11.8. The van der Waals surface area contributed by atoms with Crippen LogP contribution in [0.5, 0.6) is 11.5 Å². The van der Waals surface area contributed by atoms with Gasteiger partial charge in [-0.25, -0.2) is 0 Å². The molecule has 2 aromatic carbocycles. The van der Waals surface area contributed by atoms with Gasteiger partial charge in [-0.15, -0.1) is 49.6 Å². The highest BCUT2D eigenvalue weighted by molar-refractivity contribution is 5.86. The number of aliphatic imine (C=N–C) groups is 2. The number of nitrogens with zero attached hydrogens (tertiary/aromatic N) is 2. The van der Waals surface area contributed by atoms with Crippen molar-refractivity contribution >= 4 is 61.5 Å². The van der Waals surface area contributed by atoms with Gasteiger partial charge < -0.3 is 46.9 Å². The van der Waals surface area contributed by atoms with Gasteiger partial charge in [0.15, 0.2) is 11.9 Å². The number of fused-ring (bicyclic) bond motifs is 2. The fourth-order valence-electron chi connectivity index (χ4n) is 5.72. The predicted molar refractivity (Wildman–Crippen MR) is 212 cm³/mol. The molecule has 6 rings (SSSR count). The van der Waals surface area contributed by atoms with Gasteiger partial charge in [-0.05, 0) is 87.7 Å². The van der Waals surface area contributed by atoms with Gasteiger partial charge in [-0.3, -0.25) is 9.98 Å². The molecule has 0 saturated carbocycles. The van der Waals surface area contributed by atoms with E-state index in [1.165, 1.54) is 11.1 Å². The Hall–Kier alpha value is -2.38. The van der Waals surface area contributed by atoms with Crippen molar-refractivity contribution < 1.29 is 14.9 Å². The quantitative estimate of drug-likeness (QED) is 0.180. The number of hydrogen-bond donors (Lipinski definition) is 6. The van der Waals surface area contributed by atoms with Crippen molar-refractivity contribution in [2.45, 2.75) is 63.6 Å². The van der Waals surface area contributed by atoms with E-state index in [9.17, 15) is 0 Å². The van der Waals surface area contributed by atoms with Gasteiger partial charge in [0, 0.05) is 52.4 Å². The molecule has 0 spiro atoms. The highest BCUT2D eigenvalue weighted by Crippen LogP contribution is 2.27. The third-order valence-corrected chi connectivity index (χ3v) is 8.19. The fraction of sp³-hybridized carbons (Fsp3) is 0.588. The Morgan fingerprint density at radius 3 is 1.45 bits per heavy atom. The minimum atomic E-state index is 0. The van der Waals surface area contributed by atoms with Gasteiger partial charge in [-0.1, -0.05) is 36.4 Å². The minimum Gasteiger partial charge on any atom is -0.489 e. The molecule has 2 aromatic rings. The van der Waals surface area contributed by atoms with E-state index >= 15 is 0 Å². The molecule has 0 aromatic heterocycles. The Balaban J connectivity index is 0.000000853. The third kappa shape index (κ3) is 16.9. The summed E-state index contributed by atoms with van der Waals surface area (Å²) < 4.78 is 12.1. The number of rotatable bonds is 12. The topological polar surface area (TPSA) is 147 Å². The van der Waals surface area contributed by atoms with Crippen LogP contribution in [0.15, 0.2) is 58.5 Å². The zero-order valence-electron chi connectivity index (χ0n) is 28.3. The second kappa shape index (κ2) is 27.4. The molecule has 49 heavy (non-hydrogen) atoms. The zero-order chi connectivity index (χ0) is 30.1. The molecular formula is C34H58Cl4N8O3. The maximum absolute atomic E-state index is 6.03. The first-order valence-corrected chi connectivity index (χ1v) is 16.8. The number of halogens is 4. The summed E-state index contributed by atoms with van der Waals surface area (Å²) in [5.41, 5.74) is 2.67. The molecule has 280 valence electrons. The van der Waals surface area contributed by atoms with Crippen LogP contribution in [0.3, 0.4) is 0 Å². The third-order valence-electron chi connectivity index (χ3n) is 8.19. The van der Waals surface area contributed by atoms with Crippen LogP contribution >= 0.6 is 49.6 Å². The normalized spacial score (nSPS) is 18.3. The number of aryl methyl sites for hydroxylation is 2. The maximum Gasteiger partial charge on any atom is 0.191 e. The molecule has 4 heterocycles. The molecule has 2 unspecified atom stereocenters. The van der Waals surface area contributed by atoms with Crippen molar-refractivity contribution in [3.63, 3.8) is 0 Å². The first-order chi connectivity index (χ1) is 21.8. The summed E-state index contributed by atoms with van der Waals surface area (Å²) in [6.07, 6.45) is 9.49. The average Bonchev–Trinajstić information content (AvgIpc) is 3.09. The predicted octanol–water partition coefficient (Wildman–Crippen LogP) is 3.46. The molecule has 0 amide bonds. The van der Waals surface area contributed by atoms with Crippen LogP contribution in [-0.4, -0.2) is 95.1 Å². The number of guanidine groups is 2. The van der Waals surface area contributed by atoms with Gasteiger partial charge >= 0.3 is 0 Å². The van der Waals surface area contributed by atoms with Crippen molar-refractivity contribution in [3.05, 3.63) is 59.7 Å². The summed E-state index contributed by atoms with van der Waals surface area (Å²) in [6.45, 7) is 9.70. The van der Waals surface area contributed by atoms with Crippen molar-refractivity contribution in [3.8, 4) is 11.5 Å². The van der Waals surface area contributed by atoms with Crippen molar-refractivity contribution in [1.82, 2.24) is 31.9 Å². The van der Waals surface area contributed by atoms with E-state index in [0.29, 0.717) is 12.2 Å². The first kappa shape index (κ1) is 46.6. The first-order valence-electron chi connectivity index (χ1n) is 16.8. The highest BCUT2D eigenvalue weighted by atomic mass is 35.5. The number of hydrogen-bond acceptors (Lipinski definition) is 10. The molecule has 8 N–H and O–H groups in total. The minimum absolute atomic E-state index is 0. The van der Waals surface area contributed by atoms with Crippen LogP contribution in [0, 0.1) is 0 Å². The molecule has 4 aliphatic rings. The molecule has 0 fully saturated rings. The lowest BCUT2D eigenvalue weighted by molar-refractivity contribution is 0.170. The number of ether oxygens (including phenoxy) is 2. The van der Waals surface area contributed by atoms with Crippen LogP contribution in [0.25, 0.3) is 0 Å². The van der Waals surface area contributed by atoms with Gasteiger partial charge in [-0.2, -0.15) is 0 Å². The molecule has 0 bridgehead atoms. The number of para-hydroxylation sites is 2. The van der Waals surface area contributed by atoms with Gasteiger partial charge in [0.25, 0.3) is 0 Å². The summed E-state index contributed by atoms with van der Waals surface area (Å²) in [4.78, 5) is 8.79. The Kier molecular flexibility index (Phi) is 26.0. The maximum atomic E-state index is 6.03. The monoisotopic (exact) mass is 766 g/mol. The molecule has 0 radical (unpaired) electrons. The van der Waals surface area contributed by atoms with Crippen molar-refractivity contribution in [2.75, 3.05) is 65.4 Å². The Labute approximate surface area is 317 Å². The van der Waals surface area contributed by atoms with Crippen LogP contribution in [0.1, 0.15) is 49.7 Å². The van der Waals surface area contributed by atoms with Crippen LogP contribution in [0.2, 0.25) is 0 Å². The number of nitrogens with one attached hydrogen (secondary N) is 6. The SMILES string of the molecule is Cl.Cl.Cl.Cl.O.c1ccc2c(c1)CCC(CNCCCNC1=NCCCN1)O2.c1ccc2c(c1)CCC(CNCCCNC1=NCCCN1)O2. The molecule has 0 aliphatic carbocycles. The van der Waals surface area contributed by atoms with Crippen LogP contribution < -0.4 is 41.4 Å². The molecule has 2 atom stereocenters. The summed E-state index contributed by atoms with van der Waals surface area (Å²) >= 11 is 0. The molecule has 0 saturated heterocycles. The van der Waals surface area contributed by atoms with E-state index in [0.717, 1.165) is 140 Å². The lowest BCUT2D eigenvalue weighted by Crippen LogP contribution is -2.42. The Morgan fingerprint density at radius 2 is 1.04 bits per heavy atom. The zero-order valence-corrected chi connectivity index (χ0v) is 31.6. The molecule has 11 nitrogen and oxygen atoms in total. The van der Waals surface area contributed by atoms with Crippen molar-refractivity contribution in [2.24, 2.45) is 9.98 Å². The Morgan fingerprint density at radius 1 is 0.612 bits per heavy atom. The smallest absolute Gasteiger partial charge is 0.191 e. The lowest BCUT2D eigenvalue weighted by atomic mass is 10.0. The lowest BCUT2D eigenvalue weighted by Gasteiger charge is -2.26.